The highest BCUT2D eigenvalue weighted by Gasteiger charge is 2.19. The molecular formula is C22H33NO4. The van der Waals surface area contributed by atoms with Gasteiger partial charge >= 0.3 is 0 Å². The number of hydrogen-bond donors (Lipinski definition) is 0. The van der Waals surface area contributed by atoms with Gasteiger partial charge in [0.2, 0.25) is 5.75 Å². The Morgan fingerprint density at radius 1 is 0.815 bits per heavy atom. The Morgan fingerprint density at radius 2 is 1.37 bits per heavy atom. The fraction of sp³-hybridized carbons (Fsp3) is 0.591. The molecule has 0 spiro atoms. The number of pyridine rings is 1. The Kier molecular flexibility index (Phi) is 8.49. The number of aromatic nitrogens is 1. The molecule has 0 saturated heterocycles. The van der Waals surface area contributed by atoms with Crippen molar-refractivity contribution in [2.24, 2.45) is 7.05 Å². The second kappa shape index (κ2) is 10.9. The van der Waals surface area contributed by atoms with Gasteiger partial charge in [0.25, 0.3) is 5.56 Å². The van der Waals surface area contributed by atoms with E-state index in [9.17, 15) is 4.79 Å². The van der Waals surface area contributed by atoms with E-state index in [0.29, 0.717) is 31.3 Å². The van der Waals surface area contributed by atoms with Gasteiger partial charge in [0.05, 0.1) is 25.3 Å². The maximum absolute atomic E-state index is 12.9. The molecular weight excluding hydrogens is 342 g/mol. The van der Waals surface area contributed by atoms with Crippen molar-refractivity contribution in [2.75, 3.05) is 19.8 Å². The van der Waals surface area contributed by atoms with E-state index in [2.05, 4.69) is 20.8 Å². The van der Waals surface area contributed by atoms with Crippen molar-refractivity contribution >= 4 is 10.9 Å². The first kappa shape index (κ1) is 21.1. The van der Waals surface area contributed by atoms with E-state index in [-0.39, 0.29) is 5.56 Å². The first-order chi connectivity index (χ1) is 13.1. The van der Waals surface area contributed by atoms with Crippen LogP contribution in [0.4, 0.5) is 0 Å². The summed E-state index contributed by atoms with van der Waals surface area (Å²) in [4.78, 5) is 12.9. The van der Waals surface area contributed by atoms with Crippen LogP contribution < -0.4 is 19.8 Å². The van der Waals surface area contributed by atoms with Crippen LogP contribution in [0.1, 0.15) is 59.3 Å². The van der Waals surface area contributed by atoms with Crippen LogP contribution in [-0.4, -0.2) is 24.4 Å². The molecule has 0 radical (unpaired) electrons. The predicted molar refractivity (Wildman–Crippen MR) is 110 cm³/mol. The first-order valence-corrected chi connectivity index (χ1v) is 10.2. The normalized spacial score (nSPS) is 11.0. The number of fused-ring (bicyclic) bond motifs is 1. The smallest absolute Gasteiger partial charge is 0.297 e. The monoisotopic (exact) mass is 375 g/mol. The number of benzene rings is 1. The van der Waals surface area contributed by atoms with Gasteiger partial charge in [-0.2, -0.15) is 0 Å². The minimum Gasteiger partial charge on any atom is -0.494 e. The van der Waals surface area contributed by atoms with E-state index in [1.54, 1.807) is 11.6 Å². The Hall–Kier alpha value is -2.17. The summed E-state index contributed by atoms with van der Waals surface area (Å²) < 4.78 is 19.3. The fourth-order valence-electron chi connectivity index (χ4n) is 2.79. The average Bonchev–Trinajstić information content (AvgIpc) is 2.68. The minimum atomic E-state index is -0.171. The maximum atomic E-state index is 12.9. The molecule has 0 aliphatic rings. The van der Waals surface area contributed by atoms with Gasteiger partial charge < -0.3 is 18.8 Å². The quantitative estimate of drug-likeness (QED) is 0.486. The molecule has 0 bridgehead atoms. The molecule has 5 nitrogen and oxygen atoms in total. The summed E-state index contributed by atoms with van der Waals surface area (Å²) in [6.45, 7) is 8.10. The lowest BCUT2D eigenvalue weighted by atomic mass is 10.1. The first-order valence-electron chi connectivity index (χ1n) is 10.2. The van der Waals surface area contributed by atoms with E-state index in [1.165, 1.54) is 0 Å². The number of nitrogens with zero attached hydrogens (tertiary/aromatic N) is 1. The van der Waals surface area contributed by atoms with Gasteiger partial charge in [-0.1, -0.05) is 40.0 Å². The summed E-state index contributed by atoms with van der Waals surface area (Å²) in [7, 11) is 1.77. The molecule has 2 rings (SSSR count). The van der Waals surface area contributed by atoms with Gasteiger partial charge in [-0.15, -0.1) is 0 Å². The van der Waals surface area contributed by atoms with Crippen molar-refractivity contribution < 1.29 is 14.2 Å². The van der Waals surface area contributed by atoms with Crippen LogP contribution in [0.2, 0.25) is 0 Å². The second-order valence-corrected chi connectivity index (χ2v) is 6.81. The van der Waals surface area contributed by atoms with Crippen molar-refractivity contribution in [1.29, 1.82) is 0 Å². The Bertz CT molecular complexity index is 782. The van der Waals surface area contributed by atoms with Gasteiger partial charge in [-0.25, -0.2) is 0 Å². The third-order valence-corrected chi connectivity index (χ3v) is 4.54. The van der Waals surface area contributed by atoms with Crippen molar-refractivity contribution in [1.82, 2.24) is 4.57 Å². The van der Waals surface area contributed by atoms with Crippen molar-refractivity contribution in [3.8, 4) is 17.2 Å². The molecule has 2 aromatic rings. The molecule has 0 saturated carbocycles. The van der Waals surface area contributed by atoms with Gasteiger partial charge in [0.1, 0.15) is 5.75 Å². The average molecular weight is 376 g/mol. The van der Waals surface area contributed by atoms with E-state index in [0.717, 1.165) is 55.2 Å². The Morgan fingerprint density at radius 3 is 1.96 bits per heavy atom. The molecule has 0 fully saturated rings. The molecule has 1 aromatic heterocycles. The third-order valence-electron chi connectivity index (χ3n) is 4.54. The van der Waals surface area contributed by atoms with Gasteiger partial charge in [0, 0.05) is 18.5 Å². The molecule has 0 aliphatic heterocycles. The zero-order valence-electron chi connectivity index (χ0n) is 17.2. The molecule has 0 unspecified atom stereocenters. The van der Waals surface area contributed by atoms with Crippen molar-refractivity contribution in [3.05, 3.63) is 28.6 Å². The van der Waals surface area contributed by atoms with Crippen LogP contribution in [-0.2, 0) is 7.05 Å². The highest BCUT2D eigenvalue weighted by molar-refractivity contribution is 5.89. The van der Waals surface area contributed by atoms with Crippen LogP contribution in [0.15, 0.2) is 23.0 Å². The number of hydrogen-bond acceptors (Lipinski definition) is 4. The lowest BCUT2D eigenvalue weighted by Gasteiger charge is -2.17. The molecule has 0 atom stereocenters. The standard InChI is InChI=1S/C22H33NO4/c1-5-8-13-25-17-11-12-18-19(16-17)23(4)22(24)21(27-15-10-7-3)20(18)26-14-9-6-2/h11-12,16H,5-10,13-15H2,1-4H3. The largest absolute Gasteiger partial charge is 0.494 e. The van der Waals surface area contributed by atoms with Crippen LogP contribution in [0, 0.1) is 0 Å². The highest BCUT2D eigenvalue weighted by Crippen LogP contribution is 2.34. The summed E-state index contributed by atoms with van der Waals surface area (Å²) in [5.41, 5.74) is 0.624. The van der Waals surface area contributed by atoms with E-state index in [4.69, 9.17) is 14.2 Å². The molecule has 0 aliphatic carbocycles. The summed E-state index contributed by atoms with van der Waals surface area (Å²) in [6, 6.07) is 5.81. The van der Waals surface area contributed by atoms with E-state index >= 15 is 0 Å². The molecule has 0 amide bonds. The minimum absolute atomic E-state index is 0.171. The molecule has 0 N–H and O–H groups in total. The highest BCUT2D eigenvalue weighted by atomic mass is 16.5. The van der Waals surface area contributed by atoms with Gasteiger partial charge in [-0.3, -0.25) is 4.79 Å². The lowest BCUT2D eigenvalue weighted by Crippen LogP contribution is -2.21. The third kappa shape index (κ3) is 5.41. The van der Waals surface area contributed by atoms with E-state index in [1.807, 2.05) is 18.2 Å². The summed E-state index contributed by atoms with van der Waals surface area (Å²) >= 11 is 0. The number of rotatable bonds is 12. The maximum Gasteiger partial charge on any atom is 0.297 e. The zero-order valence-corrected chi connectivity index (χ0v) is 17.2. The van der Waals surface area contributed by atoms with Crippen LogP contribution in [0.3, 0.4) is 0 Å². The summed E-state index contributed by atoms with van der Waals surface area (Å²) in [6.07, 6.45) is 5.97. The molecule has 1 aromatic carbocycles. The molecule has 5 heteroatoms. The summed E-state index contributed by atoms with van der Waals surface area (Å²) in [5, 5.41) is 0.877. The number of unbranched alkanes of at least 4 members (excludes halogenated alkanes) is 3. The van der Waals surface area contributed by atoms with Gasteiger partial charge in [-0.05, 0) is 31.4 Å². The van der Waals surface area contributed by atoms with Crippen molar-refractivity contribution in [3.63, 3.8) is 0 Å². The SMILES string of the molecule is CCCCOc1ccc2c(OCCCC)c(OCCCC)c(=O)n(C)c2c1. The van der Waals surface area contributed by atoms with Crippen LogP contribution >= 0.6 is 0 Å². The molecule has 27 heavy (non-hydrogen) atoms. The van der Waals surface area contributed by atoms with Crippen LogP contribution in [0.25, 0.3) is 10.9 Å². The summed E-state index contributed by atoms with van der Waals surface area (Å²) in [5.74, 6) is 1.64. The number of ether oxygens (including phenoxy) is 3. The topological polar surface area (TPSA) is 49.7 Å². The molecule has 1 heterocycles. The molecule has 150 valence electrons. The van der Waals surface area contributed by atoms with Crippen LogP contribution in [0.5, 0.6) is 17.2 Å². The predicted octanol–water partition coefficient (Wildman–Crippen LogP) is 5.08. The Labute approximate surface area is 162 Å². The lowest BCUT2D eigenvalue weighted by molar-refractivity contribution is 0.260. The number of aryl methyl sites for hydroxylation is 1. The van der Waals surface area contributed by atoms with Gasteiger partial charge in [0.15, 0.2) is 5.75 Å². The van der Waals surface area contributed by atoms with Crippen molar-refractivity contribution in [2.45, 2.75) is 59.3 Å². The zero-order chi connectivity index (χ0) is 19.6. The fourth-order valence-corrected chi connectivity index (χ4v) is 2.79. The second-order valence-electron chi connectivity index (χ2n) is 6.81. The van der Waals surface area contributed by atoms with E-state index < -0.39 is 0 Å². The Balaban J connectivity index is 2.46.